The molecule has 1 aliphatic rings. The minimum atomic E-state index is 0.166. The van der Waals surface area contributed by atoms with Crippen LogP contribution in [0.2, 0.25) is 0 Å². The minimum absolute atomic E-state index is 0.166. The van der Waals surface area contributed by atoms with Crippen molar-refractivity contribution in [1.29, 1.82) is 0 Å². The van der Waals surface area contributed by atoms with Crippen molar-refractivity contribution in [3.8, 4) is 11.6 Å². The van der Waals surface area contributed by atoms with Gasteiger partial charge in [-0.05, 0) is 36.0 Å². The van der Waals surface area contributed by atoms with Gasteiger partial charge in [-0.1, -0.05) is 19.1 Å². The lowest BCUT2D eigenvalue weighted by atomic mass is 9.99. The third kappa shape index (κ3) is 2.07. The van der Waals surface area contributed by atoms with Gasteiger partial charge in [-0.15, -0.1) is 0 Å². The number of benzene rings is 1. The van der Waals surface area contributed by atoms with Crippen LogP contribution < -0.4 is 4.74 Å². The van der Waals surface area contributed by atoms with E-state index in [1.165, 1.54) is 11.9 Å². The maximum atomic E-state index is 7.21. The molecule has 1 fully saturated rings. The summed E-state index contributed by atoms with van der Waals surface area (Å²) >= 11 is 0. The molecule has 23 heavy (non-hydrogen) atoms. The van der Waals surface area contributed by atoms with E-state index in [2.05, 4.69) is 27.9 Å². The summed E-state index contributed by atoms with van der Waals surface area (Å²) in [6, 6.07) is 7.56. The molecule has 0 bridgehead atoms. The number of rotatable bonds is 3. The lowest BCUT2D eigenvalue weighted by Gasteiger charge is -2.07. The highest BCUT2D eigenvalue weighted by molar-refractivity contribution is 5.88. The number of fused-ring (bicyclic) bond motifs is 1. The van der Waals surface area contributed by atoms with Crippen LogP contribution in [0.25, 0.3) is 21.6 Å². The van der Waals surface area contributed by atoms with Crippen molar-refractivity contribution in [1.82, 2.24) is 14.5 Å². The second kappa shape index (κ2) is 4.82. The number of nitrogens with zero attached hydrogens (tertiary/aromatic N) is 4. The molecule has 0 radical (unpaired) electrons. The van der Waals surface area contributed by atoms with Crippen molar-refractivity contribution in [2.45, 2.75) is 25.2 Å². The highest BCUT2D eigenvalue weighted by atomic mass is 16.5. The predicted molar refractivity (Wildman–Crippen MR) is 88.3 cm³/mol. The summed E-state index contributed by atoms with van der Waals surface area (Å²) in [4.78, 5) is 12.3. The first-order valence-corrected chi connectivity index (χ1v) is 7.55. The van der Waals surface area contributed by atoms with Gasteiger partial charge in [0.2, 0.25) is 5.88 Å². The van der Waals surface area contributed by atoms with Crippen LogP contribution in [0.15, 0.2) is 36.8 Å². The van der Waals surface area contributed by atoms with Gasteiger partial charge in [-0.2, -0.15) is 0 Å². The maximum Gasteiger partial charge on any atom is 0.226 e. The fraction of sp³-hybridized carbons (Fsp3) is 0.278. The number of hydrogen-bond donors (Lipinski definition) is 0. The van der Waals surface area contributed by atoms with E-state index < -0.39 is 0 Å². The fourth-order valence-corrected chi connectivity index (χ4v) is 3.01. The zero-order valence-corrected chi connectivity index (χ0v) is 13.1. The van der Waals surface area contributed by atoms with Crippen LogP contribution >= 0.6 is 0 Å². The Morgan fingerprint density at radius 3 is 2.83 bits per heavy atom. The second-order valence-electron chi connectivity index (χ2n) is 6.19. The summed E-state index contributed by atoms with van der Waals surface area (Å²) in [5, 5.41) is 0.975. The molecule has 0 unspecified atom stereocenters. The summed E-state index contributed by atoms with van der Waals surface area (Å²) < 4.78 is 7.51. The summed E-state index contributed by atoms with van der Waals surface area (Å²) in [7, 11) is 1.64. The number of ether oxygens (including phenoxy) is 1. The predicted octanol–water partition coefficient (Wildman–Crippen LogP) is 4.03. The monoisotopic (exact) mass is 304 g/mol. The van der Waals surface area contributed by atoms with Gasteiger partial charge in [0, 0.05) is 11.9 Å². The van der Waals surface area contributed by atoms with Crippen molar-refractivity contribution in [3.63, 3.8) is 0 Å². The van der Waals surface area contributed by atoms with Crippen molar-refractivity contribution in [2.75, 3.05) is 7.11 Å². The van der Waals surface area contributed by atoms with Gasteiger partial charge in [0.05, 0.1) is 19.1 Å². The lowest BCUT2D eigenvalue weighted by molar-refractivity contribution is 0.402. The number of methoxy groups -OCH3 is 1. The van der Waals surface area contributed by atoms with E-state index in [1.807, 2.05) is 22.8 Å². The lowest BCUT2D eigenvalue weighted by Crippen LogP contribution is -1.99. The summed E-state index contributed by atoms with van der Waals surface area (Å²) in [5.74, 6) is 0.609. The van der Waals surface area contributed by atoms with Gasteiger partial charge < -0.3 is 9.30 Å². The van der Waals surface area contributed by atoms with Crippen molar-refractivity contribution in [3.05, 3.63) is 53.8 Å². The highest BCUT2D eigenvalue weighted by Gasteiger charge is 2.42. The van der Waals surface area contributed by atoms with E-state index in [4.69, 9.17) is 11.3 Å². The molecule has 2 aromatic heterocycles. The van der Waals surface area contributed by atoms with Crippen molar-refractivity contribution >= 4 is 16.7 Å². The third-order valence-corrected chi connectivity index (χ3v) is 4.63. The molecule has 0 amide bonds. The molecule has 1 saturated carbocycles. The summed E-state index contributed by atoms with van der Waals surface area (Å²) in [5.41, 5.74) is 3.75. The van der Waals surface area contributed by atoms with Crippen LogP contribution in [-0.4, -0.2) is 21.6 Å². The van der Waals surface area contributed by atoms with E-state index in [1.54, 1.807) is 13.2 Å². The average molecular weight is 304 g/mol. The number of aromatic nitrogens is 3. The second-order valence-corrected chi connectivity index (χ2v) is 6.19. The zero-order valence-electron chi connectivity index (χ0n) is 13.1. The van der Waals surface area contributed by atoms with E-state index in [9.17, 15) is 0 Å². The van der Waals surface area contributed by atoms with Gasteiger partial charge in [-0.3, -0.25) is 0 Å². The Kier molecular flexibility index (Phi) is 2.88. The van der Waals surface area contributed by atoms with Crippen molar-refractivity contribution in [2.24, 2.45) is 0 Å². The Morgan fingerprint density at radius 2 is 2.13 bits per heavy atom. The topological polar surface area (TPSA) is 44.3 Å². The van der Waals surface area contributed by atoms with E-state index in [0.29, 0.717) is 11.6 Å². The molecule has 0 spiro atoms. The Hall–Kier alpha value is -2.87. The molecule has 0 atom stereocenters. The standard InChI is InChI=1S/C18H16N4O/c1-18(7-8-18)14-10-22(13-6-4-5-12(9-13)19-2)16-15(14)17(23-3)21-11-20-16/h4-6,9-11H,7-8H2,1,3H3. The Morgan fingerprint density at radius 1 is 1.30 bits per heavy atom. The van der Waals surface area contributed by atoms with Gasteiger partial charge in [0.25, 0.3) is 0 Å². The molecule has 5 heteroatoms. The molecule has 0 aliphatic heterocycles. The van der Waals surface area contributed by atoms with Crippen molar-refractivity contribution < 1.29 is 4.74 Å². The van der Waals surface area contributed by atoms with Crippen LogP contribution in [0.1, 0.15) is 25.3 Å². The Balaban J connectivity index is 2.03. The van der Waals surface area contributed by atoms with E-state index >= 15 is 0 Å². The zero-order chi connectivity index (χ0) is 16.0. The quantitative estimate of drug-likeness (QED) is 0.686. The molecule has 0 saturated heterocycles. The third-order valence-electron chi connectivity index (χ3n) is 4.63. The Labute approximate surface area is 134 Å². The molecule has 1 aliphatic carbocycles. The molecule has 1 aromatic carbocycles. The molecule has 4 rings (SSSR count). The van der Waals surface area contributed by atoms with Crippen LogP contribution in [0, 0.1) is 6.57 Å². The molecular formula is C18H16N4O. The first kappa shape index (κ1) is 13.8. The number of hydrogen-bond acceptors (Lipinski definition) is 3. The first-order valence-electron chi connectivity index (χ1n) is 7.55. The molecule has 0 N–H and O–H groups in total. The Bertz CT molecular complexity index is 947. The van der Waals surface area contributed by atoms with Crippen LogP contribution in [0.4, 0.5) is 5.69 Å². The minimum Gasteiger partial charge on any atom is -0.480 e. The van der Waals surface area contributed by atoms with Crippen LogP contribution in [0.5, 0.6) is 5.88 Å². The molecule has 3 aromatic rings. The SMILES string of the molecule is [C-]#[N+]c1cccc(-n2cc(C3(C)CC3)c3c(OC)ncnc32)c1. The van der Waals surface area contributed by atoms with Gasteiger partial charge in [-0.25, -0.2) is 14.8 Å². The largest absolute Gasteiger partial charge is 0.480 e. The molecule has 114 valence electrons. The summed E-state index contributed by atoms with van der Waals surface area (Å²) in [6.45, 7) is 9.47. The van der Waals surface area contributed by atoms with E-state index in [-0.39, 0.29) is 5.41 Å². The highest BCUT2D eigenvalue weighted by Crippen LogP contribution is 2.51. The average Bonchev–Trinajstić information content (AvgIpc) is 3.21. The normalized spacial score (nSPS) is 15.3. The van der Waals surface area contributed by atoms with Crippen LogP contribution in [0.3, 0.4) is 0 Å². The fourth-order valence-electron chi connectivity index (χ4n) is 3.01. The first-order chi connectivity index (χ1) is 11.2. The maximum absolute atomic E-state index is 7.21. The smallest absolute Gasteiger partial charge is 0.226 e. The van der Waals surface area contributed by atoms with Gasteiger partial charge >= 0.3 is 0 Å². The molecular weight excluding hydrogens is 288 g/mol. The molecule has 2 heterocycles. The van der Waals surface area contributed by atoms with Gasteiger partial charge in [0.15, 0.2) is 11.3 Å². The molecule has 5 nitrogen and oxygen atoms in total. The van der Waals surface area contributed by atoms with E-state index in [0.717, 1.165) is 29.6 Å². The van der Waals surface area contributed by atoms with Gasteiger partial charge in [0.1, 0.15) is 6.33 Å². The van der Waals surface area contributed by atoms with Crippen LogP contribution in [-0.2, 0) is 5.41 Å². The summed E-state index contributed by atoms with van der Waals surface area (Å²) in [6.07, 6.45) is 5.96.